The fraction of sp³-hybridized carbons (Fsp3) is 0.588. The highest BCUT2D eigenvalue weighted by atomic mass is 16.5. The number of esters is 1. The molecule has 0 aromatic heterocycles. The zero-order valence-electron chi connectivity index (χ0n) is 13.1. The van der Waals surface area contributed by atoms with Crippen molar-refractivity contribution in [2.45, 2.75) is 60.3 Å². The molecule has 0 radical (unpaired) electrons. The minimum absolute atomic E-state index is 0.232. The summed E-state index contributed by atoms with van der Waals surface area (Å²) in [7, 11) is 0. The van der Waals surface area contributed by atoms with Crippen molar-refractivity contribution in [2.24, 2.45) is 0 Å². The van der Waals surface area contributed by atoms with Gasteiger partial charge in [-0.25, -0.2) is 4.79 Å². The van der Waals surface area contributed by atoms with Gasteiger partial charge in [-0.2, -0.15) is 0 Å². The Morgan fingerprint density at radius 2 is 1.53 bits per heavy atom. The van der Waals surface area contributed by atoms with E-state index in [9.17, 15) is 4.79 Å². The molecule has 0 atom stereocenters. The van der Waals surface area contributed by atoms with Crippen LogP contribution in [0.3, 0.4) is 0 Å². The first-order valence-corrected chi connectivity index (χ1v) is 7.08. The SMILES string of the molecule is CCOC(=O)/C=C(\C)CCC=C(C)CCC=C(C)C. The van der Waals surface area contributed by atoms with Crippen molar-refractivity contribution >= 4 is 5.97 Å². The van der Waals surface area contributed by atoms with E-state index in [4.69, 9.17) is 4.74 Å². The Hall–Kier alpha value is -1.31. The third kappa shape index (κ3) is 11.5. The molecule has 0 heterocycles. The summed E-state index contributed by atoms with van der Waals surface area (Å²) in [4.78, 5) is 11.2. The van der Waals surface area contributed by atoms with Crippen molar-refractivity contribution in [1.29, 1.82) is 0 Å². The molecule has 0 fully saturated rings. The number of hydrogen-bond acceptors (Lipinski definition) is 2. The second-order valence-electron chi connectivity index (χ2n) is 5.15. The highest BCUT2D eigenvalue weighted by Crippen LogP contribution is 2.11. The molecule has 0 aliphatic heterocycles. The molecule has 0 saturated carbocycles. The standard InChI is InChI=1S/C17H28O2/c1-6-19-17(18)13-16(5)12-8-11-15(4)10-7-9-14(2)3/h9,11,13H,6-8,10,12H2,1-5H3/b15-11?,16-13+. The molecule has 2 heteroatoms. The lowest BCUT2D eigenvalue weighted by Gasteiger charge is -2.01. The van der Waals surface area contributed by atoms with Gasteiger partial charge in [0.25, 0.3) is 0 Å². The Morgan fingerprint density at radius 1 is 0.947 bits per heavy atom. The minimum Gasteiger partial charge on any atom is -0.463 e. The average molecular weight is 264 g/mol. The van der Waals surface area contributed by atoms with Crippen molar-refractivity contribution in [3.8, 4) is 0 Å². The smallest absolute Gasteiger partial charge is 0.330 e. The van der Waals surface area contributed by atoms with E-state index >= 15 is 0 Å². The molecule has 0 bridgehead atoms. The molecular formula is C17H28O2. The van der Waals surface area contributed by atoms with Crippen molar-refractivity contribution in [1.82, 2.24) is 0 Å². The maximum atomic E-state index is 11.2. The fourth-order valence-corrected chi connectivity index (χ4v) is 1.69. The van der Waals surface area contributed by atoms with Crippen LogP contribution in [0.2, 0.25) is 0 Å². The van der Waals surface area contributed by atoms with Crippen molar-refractivity contribution in [3.63, 3.8) is 0 Å². The molecule has 0 aliphatic carbocycles. The number of allylic oxidation sites excluding steroid dienone is 5. The van der Waals surface area contributed by atoms with Crippen LogP contribution in [0, 0.1) is 0 Å². The predicted octanol–water partition coefficient (Wildman–Crippen LogP) is 4.97. The molecule has 0 saturated heterocycles. The first-order valence-electron chi connectivity index (χ1n) is 7.08. The van der Waals surface area contributed by atoms with Crippen LogP contribution in [-0.2, 0) is 9.53 Å². The van der Waals surface area contributed by atoms with E-state index in [1.165, 1.54) is 11.1 Å². The monoisotopic (exact) mass is 264 g/mol. The van der Waals surface area contributed by atoms with Gasteiger partial charge in [-0.05, 0) is 60.3 Å². The van der Waals surface area contributed by atoms with Crippen LogP contribution in [0.4, 0.5) is 0 Å². The van der Waals surface area contributed by atoms with Crippen LogP contribution in [0.15, 0.2) is 34.9 Å². The summed E-state index contributed by atoms with van der Waals surface area (Å²) in [5.74, 6) is -0.232. The largest absolute Gasteiger partial charge is 0.463 e. The summed E-state index contributed by atoms with van der Waals surface area (Å²) >= 11 is 0. The van der Waals surface area contributed by atoms with Crippen LogP contribution >= 0.6 is 0 Å². The number of carbonyl (C=O) groups is 1. The Morgan fingerprint density at radius 3 is 2.11 bits per heavy atom. The molecule has 19 heavy (non-hydrogen) atoms. The lowest BCUT2D eigenvalue weighted by atomic mass is 10.1. The highest BCUT2D eigenvalue weighted by molar-refractivity contribution is 5.82. The molecule has 2 nitrogen and oxygen atoms in total. The van der Waals surface area contributed by atoms with Gasteiger partial charge in [-0.15, -0.1) is 0 Å². The molecular weight excluding hydrogens is 236 g/mol. The van der Waals surface area contributed by atoms with Gasteiger partial charge in [-0.3, -0.25) is 0 Å². The summed E-state index contributed by atoms with van der Waals surface area (Å²) in [6.45, 7) is 10.7. The number of carbonyl (C=O) groups excluding carboxylic acids is 1. The quantitative estimate of drug-likeness (QED) is 0.351. The van der Waals surface area contributed by atoms with E-state index in [2.05, 4.69) is 32.9 Å². The van der Waals surface area contributed by atoms with Crippen LogP contribution in [0.25, 0.3) is 0 Å². The minimum atomic E-state index is -0.232. The van der Waals surface area contributed by atoms with E-state index in [-0.39, 0.29) is 5.97 Å². The molecule has 0 aliphatic rings. The third-order valence-electron chi connectivity index (χ3n) is 2.77. The topological polar surface area (TPSA) is 26.3 Å². The number of hydrogen-bond donors (Lipinski definition) is 0. The van der Waals surface area contributed by atoms with Gasteiger partial charge in [-0.1, -0.05) is 28.9 Å². The first-order chi connectivity index (χ1) is 8.95. The van der Waals surface area contributed by atoms with Crippen LogP contribution < -0.4 is 0 Å². The molecule has 0 N–H and O–H groups in total. The predicted molar refractivity (Wildman–Crippen MR) is 82.0 cm³/mol. The lowest BCUT2D eigenvalue weighted by Crippen LogP contribution is -2.00. The van der Waals surface area contributed by atoms with Gasteiger partial charge in [0, 0.05) is 6.08 Å². The average Bonchev–Trinajstić information content (AvgIpc) is 2.28. The molecule has 108 valence electrons. The van der Waals surface area contributed by atoms with Crippen LogP contribution in [0.5, 0.6) is 0 Å². The summed E-state index contributed by atoms with van der Waals surface area (Å²) < 4.78 is 4.88. The molecule has 0 unspecified atom stereocenters. The second-order valence-corrected chi connectivity index (χ2v) is 5.15. The van der Waals surface area contributed by atoms with E-state index in [1.54, 1.807) is 6.08 Å². The highest BCUT2D eigenvalue weighted by Gasteiger charge is 1.97. The van der Waals surface area contributed by atoms with Gasteiger partial charge in [0.15, 0.2) is 0 Å². The zero-order valence-corrected chi connectivity index (χ0v) is 13.1. The van der Waals surface area contributed by atoms with Gasteiger partial charge < -0.3 is 4.74 Å². The Kier molecular flexibility index (Phi) is 9.87. The zero-order chi connectivity index (χ0) is 14.7. The summed E-state index contributed by atoms with van der Waals surface area (Å²) in [5.41, 5.74) is 3.87. The summed E-state index contributed by atoms with van der Waals surface area (Å²) in [5, 5.41) is 0. The Bertz CT molecular complexity index is 355. The maximum absolute atomic E-state index is 11.2. The lowest BCUT2D eigenvalue weighted by molar-refractivity contribution is -0.137. The molecule has 0 amide bonds. The van der Waals surface area contributed by atoms with Gasteiger partial charge in [0.05, 0.1) is 6.61 Å². The third-order valence-corrected chi connectivity index (χ3v) is 2.77. The molecule has 0 aromatic rings. The van der Waals surface area contributed by atoms with Gasteiger partial charge >= 0.3 is 5.97 Å². The Balaban J connectivity index is 3.99. The summed E-state index contributed by atoms with van der Waals surface area (Å²) in [6, 6.07) is 0. The van der Waals surface area contributed by atoms with Gasteiger partial charge in [0.2, 0.25) is 0 Å². The van der Waals surface area contributed by atoms with E-state index in [0.717, 1.165) is 31.3 Å². The van der Waals surface area contributed by atoms with E-state index < -0.39 is 0 Å². The van der Waals surface area contributed by atoms with Crippen LogP contribution in [0.1, 0.15) is 60.3 Å². The van der Waals surface area contributed by atoms with Crippen molar-refractivity contribution in [2.75, 3.05) is 6.61 Å². The van der Waals surface area contributed by atoms with E-state index in [0.29, 0.717) is 6.61 Å². The molecule has 0 rings (SSSR count). The fourth-order valence-electron chi connectivity index (χ4n) is 1.69. The van der Waals surface area contributed by atoms with Crippen molar-refractivity contribution < 1.29 is 9.53 Å². The number of ether oxygens (including phenoxy) is 1. The number of rotatable bonds is 8. The van der Waals surface area contributed by atoms with Gasteiger partial charge in [0.1, 0.15) is 0 Å². The van der Waals surface area contributed by atoms with E-state index in [1.807, 2.05) is 13.8 Å². The Labute approximate surface area is 118 Å². The van der Waals surface area contributed by atoms with Crippen molar-refractivity contribution in [3.05, 3.63) is 34.9 Å². The molecule has 0 spiro atoms. The second kappa shape index (κ2) is 10.6. The summed E-state index contributed by atoms with van der Waals surface area (Å²) in [6.07, 6.45) is 10.3. The van der Waals surface area contributed by atoms with Crippen LogP contribution in [-0.4, -0.2) is 12.6 Å². The normalized spacial score (nSPS) is 12.3. The maximum Gasteiger partial charge on any atom is 0.330 e. The molecule has 0 aromatic carbocycles. The first kappa shape index (κ1) is 17.7.